The maximum absolute atomic E-state index is 9.15. The smallest absolute Gasteiger partial charge is 0.144 e. The highest BCUT2D eigenvalue weighted by Crippen LogP contribution is 2.43. The lowest BCUT2D eigenvalue weighted by Crippen LogP contribution is -2.35. The molecule has 0 amide bonds. The largest absolute Gasteiger partial charge is 0.497 e. The van der Waals surface area contributed by atoms with Crippen LogP contribution in [0.15, 0.2) is 72.8 Å². The van der Waals surface area contributed by atoms with E-state index in [0.29, 0.717) is 0 Å². The summed E-state index contributed by atoms with van der Waals surface area (Å²) in [5.41, 5.74) is 3.50. The van der Waals surface area contributed by atoms with Gasteiger partial charge >= 0.3 is 0 Å². The predicted octanol–water partition coefficient (Wildman–Crippen LogP) is 5.65. The summed E-state index contributed by atoms with van der Waals surface area (Å²) >= 11 is 1.72. The van der Waals surface area contributed by atoms with Crippen molar-refractivity contribution in [3.8, 4) is 11.5 Å². The monoisotopic (exact) mass is 452 g/mol. The van der Waals surface area contributed by atoms with Crippen molar-refractivity contribution >= 4 is 11.8 Å². The highest BCUT2D eigenvalue weighted by Gasteiger charge is 2.39. The Kier molecular flexibility index (Phi) is 8.62. The maximum Gasteiger partial charge on any atom is 0.144 e. The second-order valence-corrected chi connectivity index (χ2v) is 8.89. The number of thioether (sulfide) groups is 1. The second-order valence-electron chi connectivity index (χ2n) is 7.78. The summed E-state index contributed by atoms with van der Waals surface area (Å²) in [6.07, 6.45) is -0.0216. The van der Waals surface area contributed by atoms with Gasteiger partial charge in [0.15, 0.2) is 0 Å². The average Bonchev–Trinajstić information content (AvgIpc) is 2.83. The topological polar surface area (TPSA) is 47.9 Å². The molecule has 4 nitrogen and oxygen atoms in total. The van der Waals surface area contributed by atoms with E-state index < -0.39 is 5.60 Å². The Labute approximate surface area is 195 Å². The van der Waals surface area contributed by atoms with Crippen LogP contribution < -0.4 is 9.47 Å². The molecule has 0 aromatic heterocycles. The van der Waals surface area contributed by atoms with Gasteiger partial charge in [-0.1, -0.05) is 48.5 Å². The van der Waals surface area contributed by atoms with Crippen LogP contribution in [0.5, 0.6) is 11.5 Å². The molecule has 170 valence electrons. The molecule has 1 N–H and O–H groups in total. The Morgan fingerprint density at radius 1 is 0.812 bits per heavy atom. The van der Waals surface area contributed by atoms with Gasteiger partial charge in [-0.25, -0.2) is 0 Å². The van der Waals surface area contributed by atoms with Crippen molar-refractivity contribution in [1.82, 2.24) is 0 Å². The fraction of sp³-hybridized carbons (Fsp3) is 0.333. The second kappa shape index (κ2) is 11.4. The molecule has 0 saturated carbocycles. The van der Waals surface area contributed by atoms with Crippen LogP contribution in [-0.4, -0.2) is 37.8 Å². The van der Waals surface area contributed by atoms with Crippen LogP contribution in [0.4, 0.5) is 0 Å². The minimum absolute atomic E-state index is 0.0216. The molecular weight excluding hydrogens is 420 g/mol. The third kappa shape index (κ3) is 5.47. The molecule has 0 heterocycles. The van der Waals surface area contributed by atoms with Crippen molar-refractivity contribution in [1.29, 1.82) is 0 Å². The van der Waals surface area contributed by atoms with Gasteiger partial charge in [-0.2, -0.15) is 11.8 Å². The number of hydrogen-bond acceptors (Lipinski definition) is 5. The lowest BCUT2D eigenvalue weighted by atomic mass is 9.79. The summed E-state index contributed by atoms with van der Waals surface area (Å²) in [4.78, 5) is 0. The first-order chi connectivity index (χ1) is 15.5. The quantitative estimate of drug-likeness (QED) is 0.301. The third-order valence-electron chi connectivity index (χ3n) is 5.24. The number of ether oxygens (including phenoxy) is 3. The Hall–Kier alpha value is -2.47. The number of hydrogen-bond donors (Lipinski definition) is 1. The highest BCUT2D eigenvalue weighted by molar-refractivity contribution is 7.98. The van der Waals surface area contributed by atoms with Gasteiger partial charge in [-0.15, -0.1) is 0 Å². The van der Waals surface area contributed by atoms with Gasteiger partial charge in [0.25, 0.3) is 0 Å². The Balaban J connectivity index is 2.20. The number of rotatable bonds is 11. The summed E-state index contributed by atoms with van der Waals surface area (Å²) < 4.78 is 17.6. The SMILES string of the molecule is COc1ccc(C(OC(C)C)(c2ccc(OC)cc2)c2cccc(CSCCO)c2)cc1. The van der Waals surface area contributed by atoms with Crippen molar-refractivity contribution in [3.05, 3.63) is 95.1 Å². The zero-order chi connectivity index (χ0) is 23.0. The van der Waals surface area contributed by atoms with E-state index in [1.54, 1.807) is 26.0 Å². The molecule has 0 saturated heterocycles. The average molecular weight is 453 g/mol. The van der Waals surface area contributed by atoms with E-state index in [1.807, 2.05) is 24.3 Å². The number of methoxy groups -OCH3 is 2. The zero-order valence-corrected chi connectivity index (χ0v) is 20.0. The standard InChI is InChI=1S/C27H32O4S/c1-20(2)31-27(22-8-12-25(29-3)13-9-22,23-10-14-26(30-4)15-11-23)24-7-5-6-21(18-24)19-32-17-16-28/h5-15,18,20,28H,16-17,19H2,1-4H3. The zero-order valence-electron chi connectivity index (χ0n) is 19.2. The molecule has 3 rings (SSSR count). The Morgan fingerprint density at radius 3 is 1.84 bits per heavy atom. The summed E-state index contributed by atoms with van der Waals surface area (Å²) in [5.74, 6) is 3.15. The van der Waals surface area contributed by atoms with Crippen LogP contribution in [0.2, 0.25) is 0 Å². The van der Waals surface area contributed by atoms with E-state index in [0.717, 1.165) is 39.7 Å². The summed E-state index contributed by atoms with van der Waals surface area (Å²) in [6, 6.07) is 24.7. The maximum atomic E-state index is 9.15. The van der Waals surface area contributed by atoms with E-state index in [4.69, 9.17) is 19.3 Å². The molecule has 0 unspecified atom stereocenters. The Morgan fingerprint density at radius 2 is 1.38 bits per heavy atom. The van der Waals surface area contributed by atoms with Gasteiger partial charge in [0.05, 0.1) is 26.9 Å². The van der Waals surface area contributed by atoms with Crippen molar-refractivity contribution < 1.29 is 19.3 Å². The van der Waals surface area contributed by atoms with Crippen molar-refractivity contribution in [2.24, 2.45) is 0 Å². The molecule has 5 heteroatoms. The Bertz CT molecular complexity index is 920. The first-order valence-corrected chi connectivity index (χ1v) is 11.9. The first kappa shape index (κ1) is 24.2. The van der Waals surface area contributed by atoms with E-state index in [-0.39, 0.29) is 12.7 Å². The van der Waals surface area contributed by atoms with Crippen LogP contribution >= 0.6 is 11.8 Å². The van der Waals surface area contributed by atoms with Gasteiger partial charge in [0.1, 0.15) is 17.1 Å². The molecule has 0 aliphatic carbocycles. The van der Waals surface area contributed by atoms with E-state index in [2.05, 4.69) is 62.4 Å². The predicted molar refractivity (Wildman–Crippen MR) is 132 cm³/mol. The van der Waals surface area contributed by atoms with Crippen molar-refractivity contribution in [2.45, 2.75) is 31.3 Å². The molecule has 0 aliphatic rings. The first-order valence-electron chi connectivity index (χ1n) is 10.8. The van der Waals surface area contributed by atoms with Crippen LogP contribution in [-0.2, 0) is 16.1 Å². The fourth-order valence-corrected chi connectivity index (χ4v) is 4.53. The molecule has 3 aromatic carbocycles. The van der Waals surface area contributed by atoms with Gasteiger partial charge in [-0.3, -0.25) is 0 Å². The molecule has 0 radical (unpaired) electrons. The molecule has 32 heavy (non-hydrogen) atoms. The van der Waals surface area contributed by atoms with Crippen LogP contribution in [0.1, 0.15) is 36.1 Å². The third-order valence-corrected chi connectivity index (χ3v) is 6.25. The number of aliphatic hydroxyl groups excluding tert-OH is 1. The summed E-state index contributed by atoms with van der Waals surface area (Å²) in [6.45, 7) is 4.30. The van der Waals surface area contributed by atoms with Crippen LogP contribution in [0, 0.1) is 0 Å². The molecule has 0 fully saturated rings. The molecule has 0 spiro atoms. The van der Waals surface area contributed by atoms with Gasteiger partial charge in [-0.05, 0) is 60.4 Å². The van der Waals surface area contributed by atoms with Crippen molar-refractivity contribution in [2.75, 3.05) is 26.6 Å². The summed E-state index contributed by atoms with van der Waals surface area (Å²) in [5, 5.41) is 9.15. The van der Waals surface area contributed by atoms with E-state index in [1.165, 1.54) is 5.56 Å². The number of aliphatic hydroxyl groups is 1. The van der Waals surface area contributed by atoms with Crippen LogP contribution in [0.3, 0.4) is 0 Å². The van der Waals surface area contributed by atoms with Crippen molar-refractivity contribution in [3.63, 3.8) is 0 Å². The van der Waals surface area contributed by atoms with E-state index >= 15 is 0 Å². The molecular formula is C27H32O4S. The normalized spacial score (nSPS) is 11.6. The highest BCUT2D eigenvalue weighted by atomic mass is 32.2. The minimum atomic E-state index is -0.801. The van der Waals surface area contributed by atoms with Gasteiger partial charge in [0.2, 0.25) is 0 Å². The van der Waals surface area contributed by atoms with Crippen LogP contribution in [0.25, 0.3) is 0 Å². The molecule has 3 aromatic rings. The van der Waals surface area contributed by atoms with E-state index in [9.17, 15) is 0 Å². The fourth-order valence-electron chi connectivity index (χ4n) is 3.84. The minimum Gasteiger partial charge on any atom is -0.497 e. The summed E-state index contributed by atoms with van der Waals surface area (Å²) in [7, 11) is 3.34. The molecule has 0 aliphatic heterocycles. The lowest BCUT2D eigenvalue weighted by Gasteiger charge is -2.38. The van der Waals surface area contributed by atoms with Gasteiger partial charge in [0, 0.05) is 11.5 Å². The number of benzene rings is 3. The van der Waals surface area contributed by atoms with Gasteiger partial charge < -0.3 is 19.3 Å². The lowest BCUT2D eigenvalue weighted by molar-refractivity contribution is -0.0294. The molecule has 0 atom stereocenters. The molecule has 0 bridgehead atoms.